The van der Waals surface area contributed by atoms with Crippen LogP contribution in [0.2, 0.25) is 5.15 Å². The van der Waals surface area contributed by atoms with Gasteiger partial charge in [-0.2, -0.15) is 4.98 Å². The molecular formula is C12H8ClN3O2S2. The van der Waals surface area contributed by atoms with Crippen LogP contribution in [0, 0.1) is 0 Å². The number of aliphatic hydroxyl groups excluding tert-OH is 1. The number of aromatic nitrogens is 3. The minimum atomic E-state index is -0.129. The summed E-state index contributed by atoms with van der Waals surface area (Å²) in [6.07, 6.45) is 0. The third-order valence-electron chi connectivity index (χ3n) is 2.45. The minimum Gasteiger partial charge on any atom is -0.493 e. The van der Waals surface area contributed by atoms with Crippen LogP contribution in [0.15, 0.2) is 23.6 Å². The van der Waals surface area contributed by atoms with Crippen molar-refractivity contribution in [3.8, 4) is 27.3 Å². The lowest BCUT2D eigenvalue weighted by atomic mass is 10.3. The molecule has 0 unspecified atom stereocenters. The number of hydrogen-bond acceptors (Lipinski definition) is 7. The van der Waals surface area contributed by atoms with Crippen molar-refractivity contribution >= 4 is 34.3 Å². The maximum atomic E-state index is 9.74. The van der Waals surface area contributed by atoms with Crippen LogP contribution in [0.3, 0.4) is 0 Å². The quantitative estimate of drug-likeness (QED) is 0.773. The SMILES string of the molecule is OCc1ccc(-c2cc(O)nc(-c3nc(Cl)cs3)n2)s1. The third kappa shape index (κ3) is 2.66. The van der Waals surface area contributed by atoms with E-state index in [2.05, 4.69) is 15.0 Å². The Bertz CT molecular complexity index is 757. The van der Waals surface area contributed by atoms with Crippen molar-refractivity contribution in [2.45, 2.75) is 6.61 Å². The second-order valence-electron chi connectivity index (χ2n) is 3.83. The number of hydrogen-bond donors (Lipinski definition) is 2. The first kappa shape index (κ1) is 13.4. The number of thiophene rings is 1. The van der Waals surface area contributed by atoms with Gasteiger partial charge in [0.2, 0.25) is 5.88 Å². The molecule has 0 saturated heterocycles. The van der Waals surface area contributed by atoms with Crippen molar-refractivity contribution in [1.29, 1.82) is 0 Å². The maximum Gasteiger partial charge on any atom is 0.215 e. The zero-order valence-corrected chi connectivity index (χ0v) is 12.3. The molecule has 20 heavy (non-hydrogen) atoms. The van der Waals surface area contributed by atoms with Crippen molar-refractivity contribution in [3.63, 3.8) is 0 Å². The summed E-state index contributed by atoms with van der Waals surface area (Å²) in [7, 11) is 0. The van der Waals surface area contributed by atoms with Crippen molar-refractivity contribution in [1.82, 2.24) is 15.0 Å². The highest BCUT2D eigenvalue weighted by Crippen LogP contribution is 2.31. The summed E-state index contributed by atoms with van der Waals surface area (Å²) in [5.41, 5.74) is 0.587. The average Bonchev–Trinajstić information content (AvgIpc) is 3.06. The van der Waals surface area contributed by atoms with Gasteiger partial charge in [0.1, 0.15) is 5.15 Å². The van der Waals surface area contributed by atoms with E-state index in [9.17, 15) is 5.11 Å². The fourth-order valence-electron chi connectivity index (χ4n) is 1.61. The highest BCUT2D eigenvalue weighted by atomic mass is 35.5. The molecule has 3 aromatic heterocycles. The maximum absolute atomic E-state index is 9.74. The molecule has 5 nitrogen and oxygen atoms in total. The number of thiazole rings is 1. The number of aliphatic hydroxyl groups is 1. The molecule has 0 aliphatic carbocycles. The number of nitrogens with zero attached hydrogens (tertiary/aromatic N) is 3. The Morgan fingerprint density at radius 3 is 2.70 bits per heavy atom. The van der Waals surface area contributed by atoms with Gasteiger partial charge in [0.15, 0.2) is 10.8 Å². The van der Waals surface area contributed by atoms with E-state index in [1.807, 2.05) is 12.1 Å². The third-order valence-corrected chi connectivity index (χ3v) is 4.70. The van der Waals surface area contributed by atoms with Crippen LogP contribution in [0.1, 0.15) is 4.88 Å². The molecule has 2 N–H and O–H groups in total. The lowest BCUT2D eigenvalue weighted by molar-refractivity contribution is 0.285. The van der Waals surface area contributed by atoms with Gasteiger partial charge in [0, 0.05) is 16.3 Å². The Morgan fingerprint density at radius 2 is 2.05 bits per heavy atom. The largest absolute Gasteiger partial charge is 0.493 e. The van der Waals surface area contributed by atoms with Crippen molar-refractivity contribution < 1.29 is 10.2 Å². The van der Waals surface area contributed by atoms with Gasteiger partial charge in [-0.25, -0.2) is 9.97 Å². The minimum absolute atomic E-state index is 0.0172. The Hall–Kier alpha value is -1.54. The topological polar surface area (TPSA) is 79.1 Å². The molecule has 0 bridgehead atoms. The van der Waals surface area contributed by atoms with E-state index in [1.54, 1.807) is 5.38 Å². The van der Waals surface area contributed by atoms with E-state index in [0.717, 1.165) is 9.75 Å². The Kier molecular flexibility index (Phi) is 3.66. The molecule has 0 saturated carbocycles. The lowest BCUT2D eigenvalue weighted by Gasteiger charge is -2.01. The molecular weight excluding hydrogens is 318 g/mol. The van der Waals surface area contributed by atoms with Crippen LogP contribution in [0.4, 0.5) is 0 Å². The van der Waals surface area contributed by atoms with E-state index < -0.39 is 0 Å². The fraction of sp³-hybridized carbons (Fsp3) is 0.0833. The zero-order chi connectivity index (χ0) is 14.1. The highest BCUT2D eigenvalue weighted by molar-refractivity contribution is 7.15. The summed E-state index contributed by atoms with van der Waals surface area (Å²) < 4.78 is 0. The molecule has 0 atom stereocenters. The number of aromatic hydroxyl groups is 1. The molecule has 0 radical (unpaired) electrons. The van der Waals surface area contributed by atoms with Gasteiger partial charge >= 0.3 is 0 Å². The van der Waals surface area contributed by atoms with E-state index in [1.165, 1.54) is 28.7 Å². The molecule has 3 aromatic rings. The van der Waals surface area contributed by atoms with E-state index in [0.29, 0.717) is 21.7 Å². The van der Waals surface area contributed by atoms with E-state index in [-0.39, 0.29) is 12.5 Å². The van der Waals surface area contributed by atoms with Gasteiger partial charge in [0.25, 0.3) is 0 Å². The summed E-state index contributed by atoms with van der Waals surface area (Å²) in [6.45, 7) is -0.0172. The van der Waals surface area contributed by atoms with Gasteiger partial charge in [-0.15, -0.1) is 22.7 Å². The van der Waals surface area contributed by atoms with Crippen LogP contribution in [-0.2, 0) is 6.61 Å². The predicted octanol–water partition coefficient (Wildman–Crippen LogP) is 3.18. The first-order valence-corrected chi connectivity index (χ1v) is 7.62. The summed E-state index contributed by atoms with van der Waals surface area (Å²) in [5, 5.41) is 21.4. The molecule has 8 heteroatoms. The molecule has 0 spiro atoms. The summed E-state index contributed by atoms with van der Waals surface area (Å²) >= 11 is 8.50. The fourth-order valence-corrected chi connectivity index (χ4v) is 3.32. The predicted molar refractivity (Wildman–Crippen MR) is 79.1 cm³/mol. The van der Waals surface area contributed by atoms with Gasteiger partial charge in [-0.1, -0.05) is 11.6 Å². The molecule has 3 rings (SSSR count). The van der Waals surface area contributed by atoms with Crippen molar-refractivity contribution in [2.24, 2.45) is 0 Å². The standard InChI is InChI=1S/C12H8ClN3O2S2/c13-9-5-19-12(15-9)11-14-7(3-10(18)16-11)8-2-1-6(4-17)20-8/h1-3,5,17H,4H2,(H,14,16,18). The second-order valence-corrected chi connectivity index (χ2v) is 6.25. The summed E-state index contributed by atoms with van der Waals surface area (Å²) in [5.74, 6) is 0.200. The summed E-state index contributed by atoms with van der Waals surface area (Å²) in [4.78, 5) is 14.1. The van der Waals surface area contributed by atoms with Crippen molar-refractivity contribution in [2.75, 3.05) is 0 Å². The van der Waals surface area contributed by atoms with Gasteiger partial charge in [0.05, 0.1) is 17.2 Å². The molecule has 0 aliphatic rings. The molecule has 0 amide bonds. The molecule has 0 fully saturated rings. The van der Waals surface area contributed by atoms with Crippen LogP contribution in [0.5, 0.6) is 5.88 Å². The lowest BCUT2D eigenvalue weighted by Crippen LogP contribution is -1.91. The Labute approximate surface area is 127 Å². The van der Waals surface area contributed by atoms with Gasteiger partial charge < -0.3 is 10.2 Å². The van der Waals surface area contributed by atoms with Crippen LogP contribution >= 0.6 is 34.3 Å². The van der Waals surface area contributed by atoms with Crippen molar-refractivity contribution in [3.05, 3.63) is 33.6 Å². The zero-order valence-electron chi connectivity index (χ0n) is 9.95. The molecule has 3 heterocycles. The second kappa shape index (κ2) is 5.45. The molecule has 0 aliphatic heterocycles. The van der Waals surface area contributed by atoms with E-state index in [4.69, 9.17) is 16.7 Å². The van der Waals surface area contributed by atoms with Crippen LogP contribution in [0.25, 0.3) is 21.4 Å². The van der Waals surface area contributed by atoms with Crippen LogP contribution < -0.4 is 0 Å². The number of rotatable bonds is 3. The van der Waals surface area contributed by atoms with Gasteiger partial charge in [-0.3, -0.25) is 0 Å². The highest BCUT2D eigenvalue weighted by Gasteiger charge is 2.12. The molecule has 102 valence electrons. The normalized spacial score (nSPS) is 10.9. The monoisotopic (exact) mass is 325 g/mol. The smallest absolute Gasteiger partial charge is 0.215 e. The first-order chi connectivity index (χ1) is 9.65. The average molecular weight is 326 g/mol. The molecule has 0 aromatic carbocycles. The first-order valence-electron chi connectivity index (χ1n) is 5.55. The van der Waals surface area contributed by atoms with Crippen LogP contribution in [-0.4, -0.2) is 25.2 Å². The van der Waals surface area contributed by atoms with Gasteiger partial charge in [-0.05, 0) is 12.1 Å². The number of halogens is 1. The summed E-state index contributed by atoms with van der Waals surface area (Å²) in [6, 6.07) is 5.14. The van der Waals surface area contributed by atoms with E-state index >= 15 is 0 Å². The Balaban J connectivity index is 2.06. The Morgan fingerprint density at radius 1 is 1.20 bits per heavy atom.